The summed E-state index contributed by atoms with van der Waals surface area (Å²) < 4.78 is 11.0. The largest absolute Gasteiger partial charge is 0.395 e. The van der Waals surface area contributed by atoms with Gasteiger partial charge >= 0.3 is 0 Å². The zero-order valence-electron chi connectivity index (χ0n) is 8.66. The van der Waals surface area contributed by atoms with Gasteiger partial charge in [-0.05, 0) is 26.2 Å². The van der Waals surface area contributed by atoms with Gasteiger partial charge < -0.3 is 14.6 Å². The van der Waals surface area contributed by atoms with E-state index in [9.17, 15) is 0 Å². The second kappa shape index (κ2) is 6.83. The van der Waals surface area contributed by atoms with Gasteiger partial charge in [-0.1, -0.05) is 11.8 Å². The maximum absolute atomic E-state index is 8.53. The minimum absolute atomic E-state index is 0.0813. The van der Waals surface area contributed by atoms with Gasteiger partial charge in [0.15, 0.2) is 6.29 Å². The van der Waals surface area contributed by atoms with Crippen LogP contribution in [0, 0.1) is 11.8 Å². The van der Waals surface area contributed by atoms with Crippen LogP contribution in [0.3, 0.4) is 0 Å². The van der Waals surface area contributed by atoms with Crippen molar-refractivity contribution in [3.63, 3.8) is 0 Å². The quantitative estimate of drug-likeness (QED) is 0.695. The Hall–Kier alpha value is -0.560. The molecule has 80 valence electrons. The topological polar surface area (TPSA) is 38.7 Å². The standard InChI is InChI=1S/C11H18O3/c1-10(6-2-4-8-12)14-11-7-3-5-9-13-11/h10-12H,3-5,7-9H2,1H3. The lowest BCUT2D eigenvalue weighted by atomic mass is 10.2. The molecule has 1 fully saturated rings. The first-order chi connectivity index (χ1) is 6.83. The second-order valence-corrected chi connectivity index (χ2v) is 3.37. The fourth-order valence-electron chi connectivity index (χ4n) is 1.35. The third kappa shape index (κ3) is 4.61. The van der Waals surface area contributed by atoms with Gasteiger partial charge in [0.2, 0.25) is 0 Å². The lowest BCUT2D eigenvalue weighted by Crippen LogP contribution is -2.25. The average molecular weight is 198 g/mol. The van der Waals surface area contributed by atoms with Crippen molar-refractivity contribution in [2.45, 2.75) is 45.0 Å². The number of rotatable bonds is 3. The number of hydrogen-bond donors (Lipinski definition) is 1. The van der Waals surface area contributed by atoms with E-state index in [-0.39, 0.29) is 19.0 Å². The van der Waals surface area contributed by atoms with E-state index < -0.39 is 0 Å². The number of hydrogen-bond acceptors (Lipinski definition) is 3. The Bertz CT molecular complexity index is 198. The summed E-state index contributed by atoms with van der Waals surface area (Å²) in [7, 11) is 0. The van der Waals surface area contributed by atoms with Gasteiger partial charge in [-0.15, -0.1) is 0 Å². The van der Waals surface area contributed by atoms with Crippen molar-refractivity contribution in [2.24, 2.45) is 0 Å². The van der Waals surface area contributed by atoms with Gasteiger partial charge in [-0.2, -0.15) is 0 Å². The number of ether oxygens (including phenoxy) is 2. The molecule has 0 radical (unpaired) electrons. The normalized spacial score (nSPS) is 23.7. The van der Waals surface area contributed by atoms with Crippen molar-refractivity contribution in [3.05, 3.63) is 0 Å². The molecule has 2 unspecified atom stereocenters. The fraction of sp³-hybridized carbons (Fsp3) is 0.818. The van der Waals surface area contributed by atoms with E-state index in [2.05, 4.69) is 11.8 Å². The van der Waals surface area contributed by atoms with E-state index in [1.807, 2.05) is 6.92 Å². The molecule has 0 aromatic carbocycles. The van der Waals surface area contributed by atoms with Crippen LogP contribution in [0.25, 0.3) is 0 Å². The molecular formula is C11H18O3. The highest BCUT2D eigenvalue weighted by Gasteiger charge is 2.15. The van der Waals surface area contributed by atoms with Crippen LogP contribution in [0.4, 0.5) is 0 Å². The van der Waals surface area contributed by atoms with Gasteiger partial charge in [-0.25, -0.2) is 0 Å². The average Bonchev–Trinajstić information content (AvgIpc) is 2.20. The molecule has 0 saturated carbocycles. The first-order valence-electron chi connectivity index (χ1n) is 5.19. The van der Waals surface area contributed by atoms with Crippen LogP contribution in [0.1, 0.15) is 32.6 Å². The monoisotopic (exact) mass is 198 g/mol. The molecule has 0 bridgehead atoms. The van der Waals surface area contributed by atoms with Gasteiger partial charge in [0.1, 0.15) is 6.10 Å². The first kappa shape index (κ1) is 11.5. The molecule has 3 heteroatoms. The summed E-state index contributed by atoms with van der Waals surface area (Å²) in [5.74, 6) is 5.76. The summed E-state index contributed by atoms with van der Waals surface area (Å²) in [6.45, 7) is 2.81. The zero-order chi connectivity index (χ0) is 10.2. The SMILES string of the molecule is CC(C#CCCO)OC1CCCCO1. The molecule has 2 atom stereocenters. The van der Waals surface area contributed by atoms with Crippen molar-refractivity contribution in [2.75, 3.05) is 13.2 Å². The predicted octanol–water partition coefficient (Wildman–Crippen LogP) is 1.30. The van der Waals surface area contributed by atoms with E-state index in [0.717, 1.165) is 19.4 Å². The molecule has 1 saturated heterocycles. The number of aliphatic hydroxyl groups is 1. The highest BCUT2D eigenvalue weighted by atomic mass is 16.7. The molecule has 1 heterocycles. The molecule has 1 aliphatic heterocycles. The Kier molecular flexibility index (Phi) is 5.62. The molecule has 0 amide bonds. The summed E-state index contributed by atoms with van der Waals surface area (Å²) in [4.78, 5) is 0. The Labute approximate surface area is 85.4 Å². The van der Waals surface area contributed by atoms with E-state index in [1.54, 1.807) is 0 Å². The van der Waals surface area contributed by atoms with E-state index in [4.69, 9.17) is 14.6 Å². The van der Waals surface area contributed by atoms with Crippen LogP contribution < -0.4 is 0 Å². The Morgan fingerprint density at radius 3 is 3.07 bits per heavy atom. The van der Waals surface area contributed by atoms with Gasteiger partial charge in [0.05, 0.1) is 6.61 Å². The molecule has 14 heavy (non-hydrogen) atoms. The molecule has 0 aliphatic carbocycles. The van der Waals surface area contributed by atoms with E-state index in [1.165, 1.54) is 6.42 Å². The molecule has 0 aromatic rings. The summed E-state index contributed by atoms with van der Waals surface area (Å²) in [6, 6.07) is 0. The number of aliphatic hydroxyl groups excluding tert-OH is 1. The van der Waals surface area contributed by atoms with Gasteiger partial charge in [0, 0.05) is 13.0 Å². The molecule has 0 spiro atoms. The highest BCUT2D eigenvalue weighted by Crippen LogP contribution is 2.14. The smallest absolute Gasteiger partial charge is 0.159 e. The molecule has 3 nitrogen and oxygen atoms in total. The molecule has 1 aliphatic rings. The van der Waals surface area contributed by atoms with Crippen LogP contribution in [0.2, 0.25) is 0 Å². The van der Waals surface area contributed by atoms with Crippen LogP contribution >= 0.6 is 0 Å². The van der Waals surface area contributed by atoms with Gasteiger partial charge in [0.25, 0.3) is 0 Å². The maximum Gasteiger partial charge on any atom is 0.159 e. The maximum atomic E-state index is 8.53. The summed E-state index contributed by atoms with van der Waals surface area (Å²) in [5, 5.41) is 8.53. The Morgan fingerprint density at radius 2 is 2.43 bits per heavy atom. The second-order valence-electron chi connectivity index (χ2n) is 3.37. The van der Waals surface area contributed by atoms with Crippen molar-refractivity contribution >= 4 is 0 Å². The van der Waals surface area contributed by atoms with E-state index >= 15 is 0 Å². The molecular weight excluding hydrogens is 180 g/mol. The summed E-state index contributed by atoms with van der Waals surface area (Å²) in [6.07, 6.45) is 3.59. The summed E-state index contributed by atoms with van der Waals surface area (Å²) in [5.41, 5.74) is 0. The van der Waals surface area contributed by atoms with Gasteiger partial charge in [-0.3, -0.25) is 0 Å². The Morgan fingerprint density at radius 1 is 1.57 bits per heavy atom. The zero-order valence-corrected chi connectivity index (χ0v) is 8.66. The minimum atomic E-state index is -0.107. The van der Waals surface area contributed by atoms with Crippen LogP contribution in [0.5, 0.6) is 0 Å². The lowest BCUT2D eigenvalue weighted by Gasteiger charge is -2.24. The Balaban J connectivity index is 2.19. The fourth-order valence-corrected chi connectivity index (χ4v) is 1.35. The van der Waals surface area contributed by atoms with E-state index in [0.29, 0.717) is 6.42 Å². The third-order valence-corrected chi connectivity index (χ3v) is 2.04. The summed E-state index contributed by atoms with van der Waals surface area (Å²) >= 11 is 0. The van der Waals surface area contributed by atoms with Crippen molar-refractivity contribution in [1.82, 2.24) is 0 Å². The van der Waals surface area contributed by atoms with Crippen LogP contribution in [-0.2, 0) is 9.47 Å². The highest BCUT2D eigenvalue weighted by molar-refractivity contribution is 5.03. The van der Waals surface area contributed by atoms with Crippen molar-refractivity contribution < 1.29 is 14.6 Å². The minimum Gasteiger partial charge on any atom is -0.395 e. The molecule has 1 rings (SSSR count). The predicted molar refractivity (Wildman–Crippen MR) is 53.6 cm³/mol. The van der Waals surface area contributed by atoms with Crippen LogP contribution in [0.15, 0.2) is 0 Å². The first-order valence-corrected chi connectivity index (χ1v) is 5.19. The molecule has 0 aromatic heterocycles. The van der Waals surface area contributed by atoms with Crippen molar-refractivity contribution in [3.8, 4) is 11.8 Å². The third-order valence-electron chi connectivity index (χ3n) is 2.04. The molecule has 1 N–H and O–H groups in total. The lowest BCUT2D eigenvalue weighted by molar-refractivity contribution is -0.173. The van der Waals surface area contributed by atoms with Crippen molar-refractivity contribution in [1.29, 1.82) is 0 Å². The van der Waals surface area contributed by atoms with Crippen LogP contribution in [-0.4, -0.2) is 30.7 Å².